The van der Waals surface area contributed by atoms with Crippen LogP contribution >= 0.6 is 0 Å². The van der Waals surface area contributed by atoms with Gasteiger partial charge in [-0.25, -0.2) is 0 Å². The SMILES string of the molecule is Cc1cccc(CC(C(=O)O)c2nccn3cnnc23)c1. The molecule has 1 unspecified atom stereocenters. The van der Waals surface area contributed by atoms with Crippen molar-refractivity contribution in [3.05, 3.63) is 59.8 Å². The number of carboxylic acids is 1. The van der Waals surface area contributed by atoms with E-state index in [4.69, 9.17) is 0 Å². The van der Waals surface area contributed by atoms with Gasteiger partial charge in [0.1, 0.15) is 17.9 Å². The Balaban J connectivity index is 2.02. The van der Waals surface area contributed by atoms with Crippen LogP contribution in [0.1, 0.15) is 22.7 Å². The van der Waals surface area contributed by atoms with E-state index in [2.05, 4.69) is 15.2 Å². The van der Waals surface area contributed by atoms with Crippen molar-refractivity contribution in [2.45, 2.75) is 19.3 Å². The molecule has 0 bridgehead atoms. The van der Waals surface area contributed by atoms with Crippen molar-refractivity contribution < 1.29 is 9.90 Å². The van der Waals surface area contributed by atoms with Crippen molar-refractivity contribution in [3.63, 3.8) is 0 Å². The Kier molecular flexibility index (Phi) is 3.35. The molecular weight excluding hydrogens is 268 g/mol. The molecule has 0 saturated heterocycles. The molecule has 6 nitrogen and oxygen atoms in total. The molecule has 2 aromatic heterocycles. The first-order valence-corrected chi connectivity index (χ1v) is 6.58. The summed E-state index contributed by atoms with van der Waals surface area (Å²) in [6, 6.07) is 7.82. The topological polar surface area (TPSA) is 80.4 Å². The fourth-order valence-corrected chi connectivity index (χ4v) is 2.40. The van der Waals surface area contributed by atoms with Gasteiger partial charge in [-0.3, -0.25) is 14.2 Å². The van der Waals surface area contributed by atoms with Gasteiger partial charge in [0.15, 0.2) is 5.65 Å². The first kappa shape index (κ1) is 13.2. The van der Waals surface area contributed by atoms with Crippen LogP contribution in [0.4, 0.5) is 0 Å². The second-order valence-corrected chi connectivity index (χ2v) is 4.96. The average molecular weight is 282 g/mol. The van der Waals surface area contributed by atoms with E-state index >= 15 is 0 Å². The number of fused-ring (bicyclic) bond motifs is 1. The molecule has 0 amide bonds. The molecule has 0 fully saturated rings. The first-order valence-electron chi connectivity index (χ1n) is 6.58. The summed E-state index contributed by atoms with van der Waals surface area (Å²) in [4.78, 5) is 15.9. The Labute approximate surface area is 121 Å². The molecule has 106 valence electrons. The molecule has 3 rings (SSSR count). The van der Waals surface area contributed by atoms with E-state index < -0.39 is 11.9 Å². The highest BCUT2D eigenvalue weighted by Gasteiger charge is 2.25. The highest BCUT2D eigenvalue weighted by atomic mass is 16.4. The third-order valence-corrected chi connectivity index (χ3v) is 3.39. The smallest absolute Gasteiger partial charge is 0.313 e. The van der Waals surface area contributed by atoms with Crippen LogP contribution in [0.3, 0.4) is 0 Å². The fraction of sp³-hybridized carbons (Fsp3) is 0.200. The van der Waals surface area contributed by atoms with Crippen LogP contribution in [0.5, 0.6) is 0 Å². The number of aliphatic carboxylic acids is 1. The summed E-state index contributed by atoms with van der Waals surface area (Å²) in [5.41, 5.74) is 2.98. The third-order valence-electron chi connectivity index (χ3n) is 3.39. The summed E-state index contributed by atoms with van der Waals surface area (Å²) in [5.74, 6) is -1.67. The van der Waals surface area contributed by atoms with Gasteiger partial charge < -0.3 is 5.11 Å². The van der Waals surface area contributed by atoms with Crippen LogP contribution in [-0.2, 0) is 11.2 Å². The Morgan fingerprint density at radius 2 is 2.29 bits per heavy atom. The zero-order valence-corrected chi connectivity index (χ0v) is 11.5. The summed E-state index contributed by atoms with van der Waals surface area (Å²) in [6.07, 6.45) is 5.17. The van der Waals surface area contributed by atoms with E-state index in [0.717, 1.165) is 11.1 Å². The Morgan fingerprint density at radius 1 is 1.43 bits per heavy atom. The van der Waals surface area contributed by atoms with Gasteiger partial charge in [0, 0.05) is 12.4 Å². The monoisotopic (exact) mass is 282 g/mol. The molecule has 0 saturated carbocycles. The van der Waals surface area contributed by atoms with Gasteiger partial charge in [-0.1, -0.05) is 29.8 Å². The third kappa shape index (κ3) is 2.60. The lowest BCUT2D eigenvalue weighted by molar-refractivity contribution is -0.138. The quantitative estimate of drug-likeness (QED) is 0.789. The number of aromatic nitrogens is 4. The Bertz CT molecular complexity index is 797. The lowest BCUT2D eigenvalue weighted by Gasteiger charge is -2.12. The number of benzene rings is 1. The van der Waals surface area contributed by atoms with E-state index in [9.17, 15) is 9.90 Å². The van der Waals surface area contributed by atoms with Gasteiger partial charge in [-0.2, -0.15) is 0 Å². The molecule has 3 aromatic rings. The predicted molar refractivity (Wildman–Crippen MR) is 76.0 cm³/mol. The minimum Gasteiger partial charge on any atom is -0.481 e. The molecule has 0 aliphatic heterocycles. The van der Waals surface area contributed by atoms with Crippen LogP contribution in [-0.4, -0.2) is 30.7 Å². The van der Waals surface area contributed by atoms with E-state index in [-0.39, 0.29) is 0 Å². The predicted octanol–water partition coefficient (Wildman–Crippen LogP) is 1.84. The molecule has 0 spiro atoms. The van der Waals surface area contributed by atoms with Crippen LogP contribution in [0, 0.1) is 6.92 Å². The average Bonchev–Trinajstić information content (AvgIpc) is 2.93. The summed E-state index contributed by atoms with van der Waals surface area (Å²) >= 11 is 0. The van der Waals surface area contributed by atoms with Gasteiger partial charge in [-0.05, 0) is 18.9 Å². The molecule has 0 aliphatic rings. The molecular formula is C15H14N4O2. The highest BCUT2D eigenvalue weighted by Crippen LogP contribution is 2.22. The first-order chi connectivity index (χ1) is 10.1. The number of aryl methyl sites for hydroxylation is 1. The number of carbonyl (C=O) groups is 1. The molecule has 21 heavy (non-hydrogen) atoms. The second kappa shape index (κ2) is 5.32. The molecule has 2 heterocycles. The standard InChI is InChI=1S/C15H14N4O2/c1-10-3-2-4-11(7-10)8-12(15(20)21)13-14-18-17-9-19(14)6-5-16-13/h2-7,9,12H,8H2,1H3,(H,20,21). The van der Waals surface area contributed by atoms with Crippen LogP contribution in [0.25, 0.3) is 5.65 Å². The lowest BCUT2D eigenvalue weighted by Crippen LogP contribution is -2.17. The number of rotatable bonds is 4. The maximum atomic E-state index is 11.7. The molecule has 1 atom stereocenters. The fourth-order valence-electron chi connectivity index (χ4n) is 2.40. The van der Waals surface area contributed by atoms with E-state index in [1.807, 2.05) is 31.2 Å². The number of nitrogens with zero attached hydrogens (tertiary/aromatic N) is 4. The molecule has 0 aliphatic carbocycles. The summed E-state index contributed by atoms with van der Waals surface area (Å²) < 4.78 is 1.68. The number of hydrogen-bond acceptors (Lipinski definition) is 4. The largest absolute Gasteiger partial charge is 0.481 e. The highest BCUT2D eigenvalue weighted by molar-refractivity contribution is 5.78. The van der Waals surface area contributed by atoms with Gasteiger partial charge in [0.25, 0.3) is 0 Å². The van der Waals surface area contributed by atoms with Crippen LogP contribution < -0.4 is 0 Å². The summed E-state index contributed by atoms with van der Waals surface area (Å²) in [7, 11) is 0. The maximum absolute atomic E-state index is 11.7. The zero-order chi connectivity index (χ0) is 14.8. The second-order valence-electron chi connectivity index (χ2n) is 4.96. The normalized spacial score (nSPS) is 12.4. The van der Waals surface area contributed by atoms with E-state index in [1.54, 1.807) is 16.8 Å². The van der Waals surface area contributed by atoms with E-state index in [1.165, 1.54) is 6.33 Å². The van der Waals surface area contributed by atoms with Crippen LogP contribution in [0.2, 0.25) is 0 Å². The summed E-state index contributed by atoms with van der Waals surface area (Å²) in [6.45, 7) is 1.98. The van der Waals surface area contributed by atoms with E-state index in [0.29, 0.717) is 17.8 Å². The summed E-state index contributed by atoms with van der Waals surface area (Å²) in [5, 5.41) is 17.3. The van der Waals surface area contributed by atoms with Crippen LogP contribution in [0.15, 0.2) is 43.0 Å². The van der Waals surface area contributed by atoms with Crippen molar-refractivity contribution in [2.75, 3.05) is 0 Å². The lowest BCUT2D eigenvalue weighted by atomic mass is 9.95. The Morgan fingerprint density at radius 3 is 3.05 bits per heavy atom. The molecule has 1 aromatic carbocycles. The number of carboxylic acid groups (broad SMARTS) is 1. The van der Waals surface area contributed by atoms with Crippen molar-refractivity contribution in [3.8, 4) is 0 Å². The molecule has 6 heteroatoms. The van der Waals surface area contributed by atoms with Crippen molar-refractivity contribution >= 4 is 11.6 Å². The van der Waals surface area contributed by atoms with Gasteiger partial charge in [0.2, 0.25) is 0 Å². The van der Waals surface area contributed by atoms with Gasteiger partial charge in [-0.15, -0.1) is 10.2 Å². The van der Waals surface area contributed by atoms with Gasteiger partial charge >= 0.3 is 5.97 Å². The number of hydrogen-bond donors (Lipinski definition) is 1. The van der Waals surface area contributed by atoms with Crippen molar-refractivity contribution in [1.82, 2.24) is 19.6 Å². The van der Waals surface area contributed by atoms with Crippen molar-refractivity contribution in [1.29, 1.82) is 0 Å². The molecule has 1 N–H and O–H groups in total. The minimum absolute atomic E-state index is 0.372. The molecule has 0 radical (unpaired) electrons. The Hall–Kier alpha value is -2.76. The minimum atomic E-state index is -0.917. The zero-order valence-electron chi connectivity index (χ0n) is 11.5. The van der Waals surface area contributed by atoms with Gasteiger partial charge in [0.05, 0.1) is 0 Å². The maximum Gasteiger partial charge on any atom is 0.313 e. The van der Waals surface area contributed by atoms with Crippen molar-refractivity contribution in [2.24, 2.45) is 0 Å².